The SMILES string of the molecule is O=C1CCc2cc(F)c(OCCCN3CCN(c4ccccc4)CC3)cc2N1. The standard InChI is InChI=1S/C22H26FN3O2/c23-19-15-17-7-8-22(27)24-20(17)16-21(19)28-14-4-9-25-10-12-26(13-11-25)18-5-2-1-3-6-18/h1-3,5-6,15-16H,4,7-14H2,(H,24,27). The number of para-hydroxylation sites is 1. The van der Waals surface area contributed by atoms with Crippen LogP contribution in [-0.4, -0.2) is 50.1 Å². The van der Waals surface area contributed by atoms with E-state index in [1.54, 1.807) is 6.07 Å². The van der Waals surface area contributed by atoms with Gasteiger partial charge >= 0.3 is 0 Å². The Morgan fingerprint density at radius 1 is 1.04 bits per heavy atom. The highest BCUT2D eigenvalue weighted by atomic mass is 19.1. The molecule has 2 aromatic carbocycles. The second-order valence-corrected chi connectivity index (χ2v) is 7.35. The van der Waals surface area contributed by atoms with Gasteiger partial charge in [-0.15, -0.1) is 0 Å². The summed E-state index contributed by atoms with van der Waals surface area (Å²) < 4.78 is 19.9. The smallest absolute Gasteiger partial charge is 0.224 e. The van der Waals surface area contributed by atoms with Gasteiger partial charge in [-0.25, -0.2) is 4.39 Å². The zero-order valence-corrected chi connectivity index (χ0v) is 16.0. The van der Waals surface area contributed by atoms with Crippen LogP contribution in [0, 0.1) is 5.82 Å². The molecule has 2 heterocycles. The third-order valence-electron chi connectivity index (χ3n) is 5.42. The van der Waals surface area contributed by atoms with E-state index in [1.807, 2.05) is 6.07 Å². The highest BCUT2D eigenvalue weighted by Gasteiger charge is 2.19. The predicted molar refractivity (Wildman–Crippen MR) is 109 cm³/mol. The van der Waals surface area contributed by atoms with Crippen LogP contribution in [-0.2, 0) is 11.2 Å². The van der Waals surface area contributed by atoms with Crippen molar-refractivity contribution < 1.29 is 13.9 Å². The molecule has 2 aliphatic heterocycles. The highest BCUT2D eigenvalue weighted by Crippen LogP contribution is 2.30. The summed E-state index contributed by atoms with van der Waals surface area (Å²) in [6.07, 6.45) is 1.83. The van der Waals surface area contributed by atoms with Gasteiger partial charge in [-0.3, -0.25) is 9.69 Å². The Morgan fingerprint density at radius 3 is 2.61 bits per heavy atom. The fraction of sp³-hybridized carbons (Fsp3) is 0.409. The number of rotatable bonds is 6. The van der Waals surface area contributed by atoms with Crippen LogP contribution in [0.25, 0.3) is 0 Å². The quantitative estimate of drug-likeness (QED) is 0.778. The van der Waals surface area contributed by atoms with Crippen molar-refractivity contribution in [2.75, 3.05) is 49.5 Å². The van der Waals surface area contributed by atoms with Gasteiger partial charge in [0.05, 0.1) is 6.61 Å². The van der Waals surface area contributed by atoms with Gasteiger partial charge < -0.3 is 15.0 Å². The Labute approximate surface area is 165 Å². The van der Waals surface area contributed by atoms with Crippen LogP contribution in [0.3, 0.4) is 0 Å². The molecule has 1 saturated heterocycles. The number of hydrogen-bond acceptors (Lipinski definition) is 4. The Hall–Kier alpha value is -2.60. The zero-order chi connectivity index (χ0) is 19.3. The third kappa shape index (κ3) is 4.44. The fourth-order valence-corrected chi connectivity index (χ4v) is 3.83. The minimum absolute atomic E-state index is 0.0281. The lowest BCUT2D eigenvalue weighted by Gasteiger charge is -2.36. The second-order valence-electron chi connectivity index (χ2n) is 7.35. The number of nitrogens with zero attached hydrogens (tertiary/aromatic N) is 2. The summed E-state index contributed by atoms with van der Waals surface area (Å²) in [7, 11) is 0. The van der Waals surface area contributed by atoms with E-state index in [0.717, 1.165) is 44.7 Å². The number of carbonyl (C=O) groups excluding carboxylic acids is 1. The molecule has 1 amide bonds. The molecule has 0 aromatic heterocycles. The number of nitrogens with one attached hydrogen (secondary N) is 1. The molecule has 0 radical (unpaired) electrons. The number of anilines is 2. The van der Waals surface area contributed by atoms with E-state index < -0.39 is 0 Å². The highest BCUT2D eigenvalue weighted by molar-refractivity contribution is 5.94. The van der Waals surface area contributed by atoms with E-state index in [0.29, 0.717) is 25.1 Å². The molecule has 4 rings (SSSR count). The molecular formula is C22H26FN3O2. The maximum absolute atomic E-state index is 14.2. The topological polar surface area (TPSA) is 44.8 Å². The molecular weight excluding hydrogens is 357 g/mol. The number of piperazine rings is 1. The maximum Gasteiger partial charge on any atom is 0.224 e. The zero-order valence-electron chi connectivity index (χ0n) is 16.0. The summed E-state index contributed by atoms with van der Waals surface area (Å²) in [4.78, 5) is 16.3. The normalized spacial score (nSPS) is 17.2. The lowest BCUT2D eigenvalue weighted by atomic mass is 10.0. The van der Waals surface area contributed by atoms with E-state index in [9.17, 15) is 9.18 Å². The Bertz CT molecular complexity index is 820. The molecule has 6 heteroatoms. The van der Waals surface area contributed by atoms with Crippen molar-refractivity contribution in [3.8, 4) is 5.75 Å². The van der Waals surface area contributed by atoms with E-state index in [-0.39, 0.29) is 17.5 Å². The summed E-state index contributed by atoms with van der Waals surface area (Å²) in [6.45, 7) is 5.48. The summed E-state index contributed by atoms with van der Waals surface area (Å²) in [5.41, 5.74) is 2.78. The van der Waals surface area contributed by atoms with Crippen molar-refractivity contribution >= 4 is 17.3 Å². The minimum Gasteiger partial charge on any atom is -0.490 e. The number of benzene rings is 2. The number of halogens is 1. The van der Waals surface area contributed by atoms with E-state index in [4.69, 9.17) is 4.74 Å². The van der Waals surface area contributed by atoms with Gasteiger partial charge in [0, 0.05) is 56.6 Å². The molecule has 0 unspecified atom stereocenters. The van der Waals surface area contributed by atoms with Crippen molar-refractivity contribution in [3.05, 3.63) is 53.8 Å². The summed E-state index contributed by atoms with van der Waals surface area (Å²) in [5, 5.41) is 2.79. The minimum atomic E-state index is -0.355. The van der Waals surface area contributed by atoms with Crippen LogP contribution in [0.2, 0.25) is 0 Å². The molecule has 148 valence electrons. The molecule has 28 heavy (non-hydrogen) atoms. The molecule has 0 saturated carbocycles. The number of aryl methyl sites for hydroxylation is 1. The second kappa shape index (κ2) is 8.61. The number of fused-ring (bicyclic) bond motifs is 1. The average molecular weight is 383 g/mol. The van der Waals surface area contributed by atoms with Gasteiger partial charge in [0.15, 0.2) is 11.6 Å². The number of hydrogen-bond donors (Lipinski definition) is 1. The molecule has 0 spiro atoms. The van der Waals surface area contributed by atoms with Gasteiger partial charge in [-0.2, -0.15) is 0 Å². The van der Waals surface area contributed by atoms with Crippen LogP contribution in [0.15, 0.2) is 42.5 Å². The van der Waals surface area contributed by atoms with E-state index in [2.05, 4.69) is 39.4 Å². The third-order valence-corrected chi connectivity index (χ3v) is 5.42. The molecule has 2 aromatic rings. The van der Waals surface area contributed by atoms with Crippen molar-refractivity contribution in [3.63, 3.8) is 0 Å². The van der Waals surface area contributed by atoms with Gasteiger partial charge in [-0.1, -0.05) is 18.2 Å². The van der Waals surface area contributed by atoms with Crippen molar-refractivity contribution in [2.45, 2.75) is 19.3 Å². The first-order valence-electron chi connectivity index (χ1n) is 9.96. The maximum atomic E-state index is 14.2. The summed E-state index contributed by atoms with van der Waals surface area (Å²) in [5.74, 6) is -0.166. The van der Waals surface area contributed by atoms with Gasteiger partial charge in [-0.05, 0) is 36.6 Å². The van der Waals surface area contributed by atoms with Gasteiger partial charge in [0.2, 0.25) is 5.91 Å². The monoisotopic (exact) mass is 383 g/mol. The first-order chi connectivity index (χ1) is 13.7. The number of carbonyl (C=O) groups is 1. The van der Waals surface area contributed by atoms with Crippen molar-refractivity contribution in [2.24, 2.45) is 0 Å². The number of ether oxygens (including phenoxy) is 1. The largest absolute Gasteiger partial charge is 0.490 e. The van der Waals surface area contributed by atoms with E-state index in [1.165, 1.54) is 11.8 Å². The number of amides is 1. The molecule has 5 nitrogen and oxygen atoms in total. The van der Waals surface area contributed by atoms with Crippen molar-refractivity contribution in [1.29, 1.82) is 0 Å². The first kappa shape index (κ1) is 18.7. The first-order valence-corrected chi connectivity index (χ1v) is 9.96. The fourth-order valence-electron chi connectivity index (χ4n) is 3.83. The Balaban J connectivity index is 1.21. The van der Waals surface area contributed by atoms with Crippen LogP contribution in [0.4, 0.5) is 15.8 Å². The van der Waals surface area contributed by atoms with Crippen molar-refractivity contribution in [1.82, 2.24) is 4.90 Å². The summed E-state index contributed by atoms with van der Waals surface area (Å²) >= 11 is 0. The van der Waals surface area contributed by atoms with Crippen LogP contribution < -0.4 is 15.0 Å². The van der Waals surface area contributed by atoms with Crippen LogP contribution >= 0.6 is 0 Å². The molecule has 2 aliphatic rings. The molecule has 0 aliphatic carbocycles. The lowest BCUT2D eigenvalue weighted by molar-refractivity contribution is -0.116. The Kier molecular flexibility index (Phi) is 5.76. The van der Waals surface area contributed by atoms with Gasteiger partial charge in [0.1, 0.15) is 0 Å². The van der Waals surface area contributed by atoms with Crippen LogP contribution in [0.5, 0.6) is 5.75 Å². The van der Waals surface area contributed by atoms with E-state index >= 15 is 0 Å². The summed E-state index contributed by atoms with van der Waals surface area (Å²) in [6, 6.07) is 13.6. The van der Waals surface area contributed by atoms with Gasteiger partial charge in [0.25, 0.3) is 0 Å². The molecule has 0 bridgehead atoms. The lowest BCUT2D eigenvalue weighted by Crippen LogP contribution is -2.46. The molecule has 1 fully saturated rings. The average Bonchev–Trinajstić information content (AvgIpc) is 2.73. The Morgan fingerprint density at radius 2 is 1.82 bits per heavy atom. The van der Waals surface area contributed by atoms with Crippen LogP contribution in [0.1, 0.15) is 18.4 Å². The molecule has 1 N–H and O–H groups in total. The predicted octanol–water partition coefficient (Wildman–Crippen LogP) is 3.30. The molecule has 0 atom stereocenters.